The Morgan fingerprint density at radius 3 is 2.26 bits per heavy atom. The van der Waals surface area contributed by atoms with Crippen LogP contribution in [0, 0.1) is 5.92 Å². The normalized spacial score (nSPS) is 19.0. The summed E-state index contributed by atoms with van der Waals surface area (Å²) in [7, 11) is -1.49. The van der Waals surface area contributed by atoms with Crippen molar-refractivity contribution in [2.24, 2.45) is 5.92 Å². The summed E-state index contributed by atoms with van der Waals surface area (Å²) in [5, 5.41) is 13.7. The highest BCUT2D eigenvalue weighted by Crippen LogP contribution is 2.31. The lowest BCUT2D eigenvalue weighted by Gasteiger charge is -2.32. The van der Waals surface area contributed by atoms with Crippen LogP contribution in [0.2, 0.25) is 0 Å². The molecule has 2 aromatic carbocycles. The number of halogens is 2. The molecule has 0 saturated heterocycles. The van der Waals surface area contributed by atoms with Crippen molar-refractivity contribution < 1.29 is 18.5 Å². The van der Waals surface area contributed by atoms with E-state index in [9.17, 15) is 18.5 Å². The first-order valence-corrected chi connectivity index (χ1v) is 16.6. The number of nitrogens with one attached hydrogen (secondary N) is 1. The van der Waals surface area contributed by atoms with Crippen molar-refractivity contribution in [2.75, 3.05) is 13.1 Å². The minimum absolute atomic E-state index is 0.0596. The largest absolute Gasteiger partial charge is 0.391 e. The molecule has 0 aromatic heterocycles. The van der Waals surface area contributed by atoms with Crippen LogP contribution in [0.15, 0.2) is 90.3 Å². The van der Waals surface area contributed by atoms with Gasteiger partial charge in [-0.25, -0.2) is 12.9 Å². The molecule has 2 aromatic rings. The molecule has 5 atom stereocenters. The zero-order valence-electron chi connectivity index (χ0n) is 26.6. The zero-order chi connectivity index (χ0) is 32.5. The number of carbonyl (C=O) groups is 1. The topological polar surface area (TPSA) is 69.6 Å². The summed E-state index contributed by atoms with van der Waals surface area (Å²) in [6.07, 6.45) is 3.41. The van der Waals surface area contributed by atoms with E-state index >= 15 is 0 Å². The van der Waals surface area contributed by atoms with Gasteiger partial charge in [-0.2, -0.15) is 0 Å². The van der Waals surface area contributed by atoms with Gasteiger partial charge in [0.05, 0.1) is 17.2 Å². The first-order valence-electron chi connectivity index (χ1n) is 15.0. The van der Waals surface area contributed by atoms with Crippen LogP contribution in [0.25, 0.3) is 0 Å². The third-order valence-corrected chi connectivity index (χ3v) is 9.00. The van der Waals surface area contributed by atoms with Gasteiger partial charge in [0.2, 0.25) is 0 Å². The lowest BCUT2D eigenvalue weighted by molar-refractivity contribution is 0.0952. The first-order chi connectivity index (χ1) is 20.4. The summed E-state index contributed by atoms with van der Waals surface area (Å²) >= 11 is 6.32. The van der Waals surface area contributed by atoms with Gasteiger partial charge in [0.1, 0.15) is 11.0 Å². The number of benzene rings is 2. The molecule has 0 spiro atoms. The number of hydrogen-bond donors (Lipinski definition) is 2. The molecule has 0 fully saturated rings. The lowest BCUT2D eigenvalue weighted by Crippen LogP contribution is -2.42. The van der Waals surface area contributed by atoms with Crippen molar-refractivity contribution >= 4 is 28.5 Å². The van der Waals surface area contributed by atoms with Gasteiger partial charge in [-0.1, -0.05) is 107 Å². The molecule has 0 radical (unpaired) electrons. The van der Waals surface area contributed by atoms with E-state index in [-0.39, 0.29) is 17.7 Å². The van der Waals surface area contributed by atoms with Crippen LogP contribution in [0.1, 0.15) is 88.2 Å². The molecule has 1 amide bonds. The predicted octanol–water partition coefficient (Wildman–Crippen LogP) is 8.45. The molecule has 0 aliphatic heterocycles. The summed E-state index contributed by atoms with van der Waals surface area (Å²) in [5.41, 5.74) is 3.69. The van der Waals surface area contributed by atoms with Gasteiger partial charge >= 0.3 is 0 Å². The second-order valence-electron chi connectivity index (χ2n) is 10.7. The Bertz CT molecular complexity index is 1200. The van der Waals surface area contributed by atoms with Crippen molar-refractivity contribution in [1.82, 2.24) is 9.62 Å². The van der Waals surface area contributed by atoms with Crippen LogP contribution in [-0.2, 0) is 17.5 Å². The highest BCUT2D eigenvalue weighted by Gasteiger charge is 2.34. The minimum Gasteiger partial charge on any atom is -0.391 e. The van der Waals surface area contributed by atoms with Crippen LogP contribution in [0.4, 0.5) is 4.39 Å². The summed E-state index contributed by atoms with van der Waals surface area (Å²) in [6.45, 7) is 19.6. The highest BCUT2D eigenvalue weighted by molar-refractivity contribution is 7.83. The molecule has 43 heavy (non-hydrogen) atoms. The molecular formula is C35H50ClFN2O3S. The third kappa shape index (κ3) is 13.7. The van der Waals surface area contributed by atoms with Crippen LogP contribution >= 0.6 is 11.6 Å². The van der Waals surface area contributed by atoms with Crippen LogP contribution in [-0.4, -0.2) is 44.0 Å². The van der Waals surface area contributed by atoms with Crippen molar-refractivity contribution in [3.63, 3.8) is 0 Å². The van der Waals surface area contributed by atoms with Gasteiger partial charge in [0.25, 0.3) is 5.91 Å². The smallest absolute Gasteiger partial charge is 0.251 e. The SMILES string of the molecule is C=C(C)CN(Cc1ccc(C(=O)NCCC(CC)c2ccccc2)cc1)S(=O)C1C=C(Cl)[C@H](C)CC1O.C=C(C)F.CC. The van der Waals surface area contributed by atoms with Crippen LogP contribution in [0.3, 0.4) is 0 Å². The molecule has 0 heterocycles. The molecule has 8 heteroatoms. The number of rotatable bonds is 12. The molecule has 1 aliphatic rings. The number of allylic oxidation sites excluding steroid dienone is 2. The maximum absolute atomic E-state index is 13.4. The second kappa shape index (κ2) is 20.4. The van der Waals surface area contributed by atoms with Crippen molar-refractivity contribution in [1.29, 1.82) is 0 Å². The Hall–Kier alpha value is -2.58. The van der Waals surface area contributed by atoms with E-state index in [1.807, 2.05) is 45.9 Å². The Balaban J connectivity index is 0.00000142. The van der Waals surface area contributed by atoms with Gasteiger partial charge < -0.3 is 10.4 Å². The van der Waals surface area contributed by atoms with Crippen molar-refractivity contribution in [2.45, 2.75) is 84.6 Å². The van der Waals surface area contributed by atoms with E-state index in [2.05, 4.69) is 49.7 Å². The Labute approximate surface area is 266 Å². The monoisotopic (exact) mass is 632 g/mol. The Morgan fingerprint density at radius 2 is 1.72 bits per heavy atom. The number of hydrogen-bond acceptors (Lipinski definition) is 3. The third-order valence-electron chi connectivity index (χ3n) is 6.82. The predicted molar refractivity (Wildman–Crippen MR) is 181 cm³/mol. The maximum Gasteiger partial charge on any atom is 0.251 e. The standard InChI is InChI=1S/C30H39ClN2O3S.C3H5F.C2H6/c1-5-24(25-9-7-6-8-10-25)15-16-32-30(35)26-13-11-23(12-14-26)20-33(19-21(2)3)37(36)29-18-27(31)22(4)17-28(29)34;1-3(2)4;1-2/h6-14,18,22,24,28-29,34H,2,5,15-17,19-20H2,1,3-4H3,(H,32,35);1H2,2H3;1-2H3/t22-,24?,28?,29?,37?;;/m1../s1. The molecular weight excluding hydrogens is 583 g/mol. The van der Waals surface area contributed by atoms with E-state index in [1.54, 1.807) is 22.5 Å². The van der Waals surface area contributed by atoms with Crippen LogP contribution in [0.5, 0.6) is 0 Å². The maximum atomic E-state index is 13.4. The summed E-state index contributed by atoms with van der Waals surface area (Å²) < 4.78 is 26.1. The molecule has 0 saturated carbocycles. The Kier molecular flexibility index (Phi) is 18.2. The fraction of sp³-hybridized carbons (Fsp3) is 0.457. The van der Waals surface area contributed by atoms with E-state index in [1.165, 1.54) is 12.5 Å². The van der Waals surface area contributed by atoms with Gasteiger partial charge in [-0.3, -0.25) is 4.79 Å². The van der Waals surface area contributed by atoms with Crippen LogP contribution < -0.4 is 5.32 Å². The average Bonchev–Trinajstić information content (AvgIpc) is 2.98. The molecule has 4 unspecified atom stereocenters. The highest BCUT2D eigenvalue weighted by atomic mass is 35.5. The number of aliphatic hydroxyl groups is 1. The first kappa shape index (κ1) is 38.4. The fourth-order valence-electron chi connectivity index (χ4n) is 4.65. The number of carbonyl (C=O) groups excluding carboxylic acids is 1. The molecule has 5 nitrogen and oxygen atoms in total. The van der Waals surface area contributed by atoms with Gasteiger partial charge in [-0.05, 0) is 68.2 Å². The van der Waals surface area contributed by atoms with Crippen molar-refractivity contribution in [3.05, 3.63) is 107 Å². The van der Waals surface area contributed by atoms with Crippen molar-refractivity contribution in [3.8, 4) is 0 Å². The van der Waals surface area contributed by atoms with Gasteiger partial charge in [-0.15, -0.1) is 0 Å². The van der Waals surface area contributed by atoms with E-state index in [4.69, 9.17) is 11.6 Å². The second-order valence-corrected chi connectivity index (χ2v) is 12.7. The average molecular weight is 633 g/mol. The fourth-order valence-corrected chi connectivity index (χ4v) is 6.56. The van der Waals surface area contributed by atoms with Gasteiger partial charge in [0.15, 0.2) is 0 Å². The molecule has 1 aliphatic carbocycles. The van der Waals surface area contributed by atoms with Gasteiger partial charge in [0, 0.05) is 30.2 Å². The number of aliphatic hydroxyl groups excluding tert-OH is 1. The summed E-state index contributed by atoms with van der Waals surface area (Å²) in [5.74, 6) is 0.0418. The van der Waals surface area contributed by atoms with E-state index in [0.717, 1.165) is 24.0 Å². The molecule has 3 rings (SSSR count). The summed E-state index contributed by atoms with van der Waals surface area (Å²) in [6, 6.07) is 17.8. The molecule has 2 N–H and O–H groups in total. The lowest BCUT2D eigenvalue weighted by atomic mass is 9.93. The minimum atomic E-state index is -1.49. The van der Waals surface area contributed by atoms with E-state index in [0.29, 0.717) is 42.6 Å². The summed E-state index contributed by atoms with van der Waals surface area (Å²) in [4.78, 5) is 12.7. The Morgan fingerprint density at radius 1 is 1.14 bits per heavy atom. The number of nitrogens with zero attached hydrogens (tertiary/aromatic N) is 1. The number of amides is 1. The quantitative estimate of drug-likeness (QED) is 0.231. The molecule has 0 bridgehead atoms. The van der Waals surface area contributed by atoms with E-state index < -0.39 is 22.3 Å². The molecule has 238 valence electrons. The zero-order valence-corrected chi connectivity index (χ0v) is 28.2.